The number of nitrogen functional groups attached to an aromatic ring is 1. The van der Waals surface area contributed by atoms with E-state index in [1.807, 2.05) is 0 Å². The van der Waals surface area contributed by atoms with Gasteiger partial charge in [0.2, 0.25) is 10.0 Å². The van der Waals surface area contributed by atoms with E-state index >= 15 is 0 Å². The molecule has 3 N–H and O–H groups in total. The summed E-state index contributed by atoms with van der Waals surface area (Å²) in [6, 6.07) is 6.23. The van der Waals surface area contributed by atoms with Gasteiger partial charge in [-0.2, -0.15) is 0 Å². The topological polar surface area (TPSA) is 94.3 Å². The second kappa shape index (κ2) is 5.86. The zero-order valence-corrected chi connectivity index (χ0v) is 13.7. The van der Waals surface area contributed by atoms with Gasteiger partial charge in [-0.3, -0.25) is 0 Å². The molecule has 6 nitrogen and oxygen atoms in total. The molecule has 1 aromatic heterocycles. The first kappa shape index (κ1) is 15.3. The number of aromatic nitrogens is 1. The van der Waals surface area contributed by atoms with Crippen LogP contribution in [0.3, 0.4) is 0 Å². The number of ether oxygens (including phenoxy) is 1. The monoisotopic (exact) mass is 339 g/mol. The SMILES string of the molecule is COc1ccc(S(=O)(=O)NC2CCc3nc(N)sc3C2)cc1. The molecule has 118 valence electrons. The van der Waals surface area contributed by atoms with Crippen molar-refractivity contribution < 1.29 is 13.2 Å². The molecule has 2 aromatic rings. The molecular formula is C14H17N3O3S2. The summed E-state index contributed by atoms with van der Waals surface area (Å²) in [5.41, 5.74) is 6.71. The molecule has 0 fully saturated rings. The van der Waals surface area contributed by atoms with E-state index in [4.69, 9.17) is 10.5 Å². The average molecular weight is 339 g/mol. The van der Waals surface area contributed by atoms with Crippen LogP contribution in [0.5, 0.6) is 5.75 Å². The first-order chi connectivity index (χ1) is 10.5. The van der Waals surface area contributed by atoms with E-state index in [1.165, 1.54) is 11.3 Å². The van der Waals surface area contributed by atoms with Crippen LogP contribution in [0.2, 0.25) is 0 Å². The molecule has 0 radical (unpaired) electrons. The molecule has 1 atom stereocenters. The smallest absolute Gasteiger partial charge is 0.240 e. The minimum absolute atomic E-state index is 0.126. The number of nitrogens with two attached hydrogens (primary N) is 1. The zero-order chi connectivity index (χ0) is 15.7. The summed E-state index contributed by atoms with van der Waals surface area (Å²) < 4.78 is 32.7. The Hall–Kier alpha value is -1.64. The molecule has 3 rings (SSSR count). The maximum absolute atomic E-state index is 12.4. The molecule has 1 aromatic carbocycles. The molecule has 1 unspecified atom stereocenters. The third-order valence-corrected chi connectivity index (χ3v) is 6.13. The number of anilines is 1. The molecule has 0 bridgehead atoms. The maximum Gasteiger partial charge on any atom is 0.240 e. The van der Waals surface area contributed by atoms with Gasteiger partial charge in [0.1, 0.15) is 5.75 Å². The number of hydrogen-bond acceptors (Lipinski definition) is 6. The molecule has 0 saturated heterocycles. The van der Waals surface area contributed by atoms with Gasteiger partial charge in [0.15, 0.2) is 5.13 Å². The zero-order valence-electron chi connectivity index (χ0n) is 12.1. The normalized spacial score (nSPS) is 18.0. The van der Waals surface area contributed by atoms with Crippen LogP contribution in [0.15, 0.2) is 29.2 Å². The van der Waals surface area contributed by atoms with E-state index in [0.29, 0.717) is 17.3 Å². The van der Waals surface area contributed by atoms with Crippen LogP contribution in [-0.2, 0) is 22.9 Å². The fraction of sp³-hybridized carbons (Fsp3) is 0.357. The van der Waals surface area contributed by atoms with Crippen LogP contribution < -0.4 is 15.2 Å². The van der Waals surface area contributed by atoms with Crippen molar-refractivity contribution in [1.82, 2.24) is 9.71 Å². The average Bonchev–Trinajstić information content (AvgIpc) is 2.86. The second-order valence-electron chi connectivity index (χ2n) is 5.16. The van der Waals surface area contributed by atoms with Crippen LogP contribution in [0.25, 0.3) is 0 Å². The number of hydrogen-bond donors (Lipinski definition) is 2. The molecular weight excluding hydrogens is 322 g/mol. The van der Waals surface area contributed by atoms with E-state index in [1.54, 1.807) is 31.4 Å². The van der Waals surface area contributed by atoms with Crippen molar-refractivity contribution in [2.24, 2.45) is 0 Å². The Balaban J connectivity index is 1.74. The molecule has 1 heterocycles. The number of methoxy groups -OCH3 is 1. The minimum Gasteiger partial charge on any atom is -0.497 e. The molecule has 0 saturated carbocycles. The van der Waals surface area contributed by atoms with E-state index in [-0.39, 0.29) is 10.9 Å². The van der Waals surface area contributed by atoms with Gasteiger partial charge < -0.3 is 10.5 Å². The highest BCUT2D eigenvalue weighted by atomic mass is 32.2. The lowest BCUT2D eigenvalue weighted by molar-refractivity contribution is 0.414. The molecule has 1 aliphatic carbocycles. The third-order valence-electron chi connectivity index (χ3n) is 3.65. The second-order valence-corrected chi connectivity index (χ2v) is 7.99. The van der Waals surface area contributed by atoms with Crippen LogP contribution in [0, 0.1) is 0 Å². The number of thiazole rings is 1. The van der Waals surface area contributed by atoms with Crippen molar-refractivity contribution >= 4 is 26.5 Å². The molecule has 22 heavy (non-hydrogen) atoms. The summed E-state index contributed by atoms with van der Waals surface area (Å²) in [5, 5.41) is 0.545. The van der Waals surface area contributed by atoms with Crippen molar-refractivity contribution in [3.05, 3.63) is 34.8 Å². The summed E-state index contributed by atoms with van der Waals surface area (Å²) in [6.45, 7) is 0. The van der Waals surface area contributed by atoms with E-state index in [9.17, 15) is 8.42 Å². The predicted molar refractivity (Wildman–Crippen MR) is 85.7 cm³/mol. The quantitative estimate of drug-likeness (QED) is 0.882. The first-order valence-corrected chi connectivity index (χ1v) is 9.18. The Morgan fingerprint density at radius 3 is 2.77 bits per heavy atom. The number of fused-ring (bicyclic) bond motifs is 1. The van der Waals surface area contributed by atoms with Gasteiger partial charge in [-0.1, -0.05) is 0 Å². The largest absolute Gasteiger partial charge is 0.497 e. The molecule has 0 amide bonds. The summed E-state index contributed by atoms with van der Waals surface area (Å²) in [6.07, 6.45) is 2.12. The lowest BCUT2D eigenvalue weighted by Gasteiger charge is -2.22. The van der Waals surface area contributed by atoms with Gasteiger partial charge >= 0.3 is 0 Å². The van der Waals surface area contributed by atoms with Crippen LogP contribution in [0.1, 0.15) is 17.0 Å². The van der Waals surface area contributed by atoms with Crippen molar-refractivity contribution in [3.8, 4) is 5.75 Å². The Morgan fingerprint density at radius 2 is 2.09 bits per heavy atom. The lowest BCUT2D eigenvalue weighted by Crippen LogP contribution is -2.38. The highest BCUT2D eigenvalue weighted by Crippen LogP contribution is 2.28. The van der Waals surface area contributed by atoms with E-state index in [0.717, 1.165) is 23.4 Å². The number of aryl methyl sites for hydroxylation is 1. The fourth-order valence-corrected chi connectivity index (χ4v) is 4.77. The molecule has 8 heteroatoms. The Labute approximate surface area is 133 Å². The van der Waals surface area contributed by atoms with Crippen molar-refractivity contribution in [3.63, 3.8) is 0 Å². The Bertz CT molecular complexity index is 769. The van der Waals surface area contributed by atoms with Crippen molar-refractivity contribution in [1.29, 1.82) is 0 Å². The highest BCUT2D eigenvalue weighted by molar-refractivity contribution is 7.89. The molecule has 1 aliphatic rings. The lowest BCUT2D eigenvalue weighted by atomic mass is 9.99. The number of sulfonamides is 1. The first-order valence-electron chi connectivity index (χ1n) is 6.88. The maximum atomic E-state index is 12.4. The molecule has 0 spiro atoms. The highest BCUT2D eigenvalue weighted by Gasteiger charge is 2.26. The molecule has 0 aliphatic heterocycles. The van der Waals surface area contributed by atoms with Gasteiger partial charge in [0.25, 0.3) is 0 Å². The summed E-state index contributed by atoms with van der Waals surface area (Å²) in [7, 11) is -1.99. The third kappa shape index (κ3) is 3.08. The number of rotatable bonds is 4. The van der Waals surface area contributed by atoms with Gasteiger partial charge in [0, 0.05) is 17.3 Å². The van der Waals surface area contributed by atoms with Crippen molar-refractivity contribution in [2.45, 2.75) is 30.2 Å². The Kier molecular flexibility index (Phi) is 4.07. The number of benzene rings is 1. The van der Waals surface area contributed by atoms with E-state index in [2.05, 4.69) is 9.71 Å². The minimum atomic E-state index is -3.53. The number of nitrogens with zero attached hydrogens (tertiary/aromatic N) is 1. The fourth-order valence-electron chi connectivity index (χ4n) is 2.54. The van der Waals surface area contributed by atoms with Crippen LogP contribution in [-0.4, -0.2) is 26.6 Å². The summed E-state index contributed by atoms with van der Waals surface area (Å²) >= 11 is 1.44. The standard InChI is InChI=1S/C14H17N3O3S2/c1-20-10-3-5-11(6-4-10)22(18,19)17-9-2-7-12-13(8-9)21-14(15)16-12/h3-6,9,17H,2,7-8H2,1H3,(H2,15,16). The summed E-state index contributed by atoms with van der Waals surface area (Å²) in [4.78, 5) is 5.58. The van der Waals surface area contributed by atoms with Gasteiger partial charge in [-0.25, -0.2) is 18.1 Å². The Morgan fingerprint density at radius 1 is 1.36 bits per heavy atom. The van der Waals surface area contributed by atoms with Gasteiger partial charge in [-0.05, 0) is 37.1 Å². The summed E-state index contributed by atoms with van der Waals surface area (Å²) in [5.74, 6) is 0.626. The predicted octanol–water partition coefficient (Wildman–Crippen LogP) is 1.57. The van der Waals surface area contributed by atoms with Gasteiger partial charge in [0.05, 0.1) is 17.7 Å². The number of nitrogens with one attached hydrogen (secondary N) is 1. The van der Waals surface area contributed by atoms with Crippen LogP contribution in [0.4, 0.5) is 5.13 Å². The van der Waals surface area contributed by atoms with Crippen LogP contribution >= 0.6 is 11.3 Å². The van der Waals surface area contributed by atoms with E-state index < -0.39 is 10.0 Å². The van der Waals surface area contributed by atoms with Crippen molar-refractivity contribution in [2.75, 3.05) is 12.8 Å². The van der Waals surface area contributed by atoms with Gasteiger partial charge in [-0.15, -0.1) is 11.3 Å².